The number of anilines is 2. The summed E-state index contributed by atoms with van der Waals surface area (Å²) in [5.74, 6) is 2.95. The van der Waals surface area contributed by atoms with Crippen molar-refractivity contribution < 1.29 is 4.74 Å². The van der Waals surface area contributed by atoms with Gasteiger partial charge in [-0.2, -0.15) is 0 Å². The first-order valence-corrected chi connectivity index (χ1v) is 7.70. The molecule has 0 spiro atoms. The Balaban J connectivity index is 3.13. The molecule has 0 radical (unpaired) electrons. The summed E-state index contributed by atoms with van der Waals surface area (Å²) < 4.78 is 5.27. The molecule has 1 rings (SSSR count). The van der Waals surface area contributed by atoms with Crippen molar-refractivity contribution in [3.63, 3.8) is 0 Å². The van der Waals surface area contributed by atoms with E-state index in [9.17, 15) is 0 Å². The van der Waals surface area contributed by atoms with Crippen molar-refractivity contribution >= 4 is 11.6 Å². The van der Waals surface area contributed by atoms with Crippen LogP contribution in [0, 0.1) is 6.92 Å². The molecule has 0 fully saturated rings. The lowest BCUT2D eigenvalue weighted by atomic mass is 10.1. The summed E-state index contributed by atoms with van der Waals surface area (Å²) in [5.41, 5.74) is 0.876. The first kappa shape index (κ1) is 17.7. The zero-order valence-corrected chi connectivity index (χ0v) is 14.5. The van der Waals surface area contributed by atoms with Crippen LogP contribution in [0.15, 0.2) is 0 Å². The average Bonchev–Trinajstić information content (AvgIpc) is 2.39. The summed E-state index contributed by atoms with van der Waals surface area (Å²) in [5, 5.41) is 6.88. The number of rotatable bonds is 8. The summed E-state index contributed by atoms with van der Waals surface area (Å²) in [7, 11) is 1.71. The molecular weight excluding hydrogens is 264 g/mol. The van der Waals surface area contributed by atoms with Gasteiger partial charge in [0.05, 0.1) is 12.1 Å². The van der Waals surface area contributed by atoms with Gasteiger partial charge in [-0.3, -0.25) is 0 Å². The van der Waals surface area contributed by atoms with Crippen molar-refractivity contribution in [3.8, 4) is 0 Å². The number of nitrogens with one attached hydrogen (secondary N) is 2. The predicted molar refractivity (Wildman–Crippen MR) is 89.2 cm³/mol. The van der Waals surface area contributed by atoms with Crippen LogP contribution >= 0.6 is 0 Å². The van der Waals surface area contributed by atoms with Crippen molar-refractivity contribution in [2.45, 2.75) is 59.4 Å². The van der Waals surface area contributed by atoms with Crippen molar-refractivity contribution in [3.05, 3.63) is 11.4 Å². The summed E-state index contributed by atoms with van der Waals surface area (Å²) in [4.78, 5) is 9.34. The Hall–Kier alpha value is -1.36. The van der Waals surface area contributed by atoms with Gasteiger partial charge in [-0.25, -0.2) is 9.97 Å². The number of aromatic nitrogens is 2. The van der Waals surface area contributed by atoms with E-state index in [1.54, 1.807) is 7.11 Å². The van der Waals surface area contributed by atoms with Crippen molar-refractivity contribution in [1.82, 2.24) is 9.97 Å². The Morgan fingerprint density at radius 1 is 1.19 bits per heavy atom. The molecule has 0 amide bonds. The van der Waals surface area contributed by atoms with Crippen LogP contribution in [0.5, 0.6) is 0 Å². The summed E-state index contributed by atoms with van der Waals surface area (Å²) in [6.45, 7) is 14.2. The molecule has 120 valence electrons. The van der Waals surface area contributed by atoms with E-state index in [0.29, 0.717) is 12.5 Å². The van der Waals surface area contributed by atoms with Gasteiger partial charge in [-0.05, 0) is 27.2 Å². The molecule has 0 saturated heterocycles. The molecule has 0 bridgehead atoms. The third-order valence-electron chi connectivity index (χ3n) is 3.18. The van der Waals surface area contributed by atoms with Crippen LogP contribution in [0.1, 0.15) is 58.3 Å². The van der Waals surface area contributed by atoms with Crippen LogP contribution in [-0.4, -0.2) is 35.8 Å². The van der Waals surface area contributed by atoms with Crippen molar-refractivity contribution in [2.24, 2.45) is 0 Å². The third-order valence-corrected chi connectivity index (χ3v) is 3.18. The highest BCUT2D eigenvalue weighted by atomic mass is 16.5. The Morgan fingerprint density at radius 3 is 2.33 bits per heavy atom. The molecule has 0 aliphatic carbocycles. The molecule has 1 aromatic rings. The standard InChI is InChI=1S/C16H30N4O/c1-8-9-17-14-12(4)15(19-13(18-14)11(2)3)20-16(5,6)10-21-7/h11H,8-10H2,1-7H3,(H2,17,18,19,20). The fraction of sp³-hybridized carbons (Fsp3) is 0.750. The zero-order chi connectivity index (χ0) is 16.0. The van der Waals surface area contributed by atoms with E-state index in [-0.39, 0.29) is 5.54 Å². The number of ether oxygens (including phenoxy) is 1. The summed E-state index contributed by atoms with van der Waals surface area (Å²) >= 11 is 0. The van der Waals surface area contributed by atoms with E-state index in [2.05, 4.69) is 50.2 Å². The number of hydrogen-bond acceptors (Lipinski definition) is 5. The van der Waals surface area contributed by atoms with Gasteiger partial charge in [-0.1, -0.05) is 20.8 Å². The summed E-state index contributed by atoms with van der Waals surface area (Å²) in [6, 6.07) is 0. The molecule has 0 saturated carbocycles. The molecule has 0 atom stereocenters. The van der Waals surface area contributed by atoms with E-state index < -0.39 is 0 Å². The largest absolute Gasteiger partial charge is 0.382 e. The molecular formula is C16H30N4O. The van der Waals surface area contributed by atoms with Gasteiger partial charge < -0.3 is 15.4 Å². The lowest BCUT2D eigenvalue weighted by Crippen LogP contribution is -2.36. The molecule has 2 N–H and O–H groups in total. The number of nitrogens with zero attached hydrogens (tertiary/aromatic N) is 2. The molecule has 1 aromatic heterocycles. The first-order valence-electron chi connectivity index (χ1n) is 7.70. The van der Waals surface area contributed by atoms with Gasteiger partial charge in [0, 0.05) is 25.1 Å². The number of hydrogen-bond donors (Lipinski definition) is 2. The van der Waals surface area contributed by atoms with Gasteiger partial charge in [-0.15, -0.1) is 0 Å². The quantitative estimate of drug-likeness (QED) is 0.767. The Kier molecular flexibility index (Phi) is 6.40. The molecule has 1 heterocycles. The van der Waals surface area contributed by atoms with Gasteiger partial charge in [0.1, 0.15) is 17.5 Å². The summed E-state index contributed by atoms with van der Waals surface area (Å²) in [6.07, 6.45) is 1.07. The highest BCUT2D eigenvalue weighted by Crippen LogP contribution is 2.25. The van der Waals surface area contributed by atoms with Crippen LogP contribution in [0.4, 0.5) is 11.6 Å². The van der Waals surface area contributed by atoms with E-state index in [1.165, 1.54) is 0 Å². The molecule has 5 nitrogen and oxygen atoms in total. The minimum Gasteiger partial charge on any atom is -0.382 e. The third kappa shape index (κ3) is 5.16. The monoisotopic (exact) mass is 294 g/mol. The molecule has 0 aliphatic heterocycles. The predicted octanol–water partition coefficient (Wildman–Crippen LogP) is 3.57. The van der Waals surface area contributed by atoms with Crippen LogP contribution in [0.3, 0.4) is 0 Å². The van der Waals surface area contributed by atoms with E-state index in [1.807, 2.05) is 6.92 Å². The second-order valence-electron chi connectivity index (χ2n) is 6.43. The Morgan fingerprint density at radius 2 is 1.81 bits per heavy atom. The second-order valence-corrected chi connectivity index (χ2v) is 6.43. The second kappa shape index (κ2) is 7.59. The number of methoxy groups -OCH3 is 1. The molecule has 0 aromatic carbocycles. The molecule has 5 heteroatoms. The highest BCUT2D eigenvalue weighted by Gasteiger charge is 2.21. The van der Waals surface area contributed by atoms with E-state index in [0.717, 1.165) is 36.0 Å². The van der Waals surface area contributed by atoms with Gasteiger partial charge >= 0.3 is 0 Å². The van der Waals surface area contributed by atoms with Crippen molar-refractivity contribution in [2.75, 3.05) is 30.9 Å². The lowest BCUT2D eigenvalue weighted by Gasteiger charge is -2.27. The van der Waals surface area contributed by atoms with E-state index >= 15 is 0 Å². The van der Waals surface area contributed by atoms with Crippen LogP contribution in [0.2, 0.25) is 0 Å². The van der Waals surface area contributed by atoms with Gasteiger partial charge in [0.2, 0.25) is 0 Å². The Labute approximate surface area is 128 Å². The average molecular weight is 294 g/mol. The SMILES string of the molecule is CCCNc1nc(C(C)C)nc(NC(C)(C)COC)c1C. The molecule has 0 unspecified atom stereocenters. The lowest BCUT2D eigenvalue weighted by molar-refractivity contribution is 0.158. The maximum Gasteiger partial charge on any atom is 0.135 e. The van der Waals surface area contributed by atoms with Crippen molar-refractivity contribution in [1.29, 1.82) is 0 Å². The first-order chi connectivity index (χ1) is 9.80. The van der Waals surface area contributed by atoms with E-state index in [4.69, 9.17) is 9.72 Å². The highest BCUT2D eigenvalue weighted by molar-refractivity contribution is 5.58. The minimum absolute atomic E-state index is 0.176. The fourth-order valence-corrected chi connectivity index (χ4v) is 2.05. The van der Waals surface area contributed by atoms with Crippen LogP contribution < -0.4 is 10.6 Å². The smallest absolute Gasteiger partial charge is 0.135 e. The maximum atomic E-state index is 5.27. The van der Waals surface area contributed by atoms with Crippen LogP contribution in [0.25, 0.3) is 0 Å². The normalized spacial score (nSPS) is 11.8. The van der Waals surface area contributed by atoms with Crippen LogP contribution in [-0.2, 0) is 4.74 Å². The zero-order valence-electron chi connectivity index (χ0n) is 14.5. The topological polar surface area (TPSA) is 59.1 Å². The fourth-order valence-electron chi connectivity index (χ4n) is 2.05. The molecule has 21 heavy (non-hydrogen) atoms. The maximum absolute atomic E-state index is 5.27. The minimum atomic E-state index is -0.176. The Bertz CT molecular complexity index is 458. The van der Waals surface area contributed by atoms with Gasteiger partial charge in [0.15, 0.2) is 0 Å². The van der Waals surface area contributed by atoms with Gasteiger partial charge in [0.25, 0.3) is 0 Å². The molecule has 0 aliphatic rings.